The molecule has 102 valence electrons. The van der Waals surface area contributed by atoms with E-state index < -0.39 is 0 Å². The van der Waals surface area contributed by atoms with Crippen LogP contribution in [0.2, 0.25) is 0 Å². The summed E-state index contributed by atoms with van der Waals surface area (Å²) in [4.78, 5) is 0.876. The van der Waals surface area contributed by atoms with Crippen LogP contribution in [0, 0.1) is 24.1 Å². The maximum atomic E-state index is 13.3. The zero-order valence-corrected chi connectivity index (χ0v) is 12.1. The summed E-state index contributed by atoms with van der Waals surface area (Å²) in [5.41, 5.74) is 1.31. The van der Waals surface area contributed by atoms with Crippen molar-refractivity contribution >= 4 is 11.8 Å². The van der Waals surface area contributed by atoms with Gasteiger partial charge in [0.25, 0.3) is 0 Å². The quantitative estimate of drug-likeness (QED) is 0.749. The third-order valence-corrected chi connectivity index (χ3v) is 3.71. The lowest BCUT2D eigenvalue weighted by Crippen LogP contribution is -1.93. The van der Waals surface area contributed by atoms with E-state index in [1.54, 1.807) is 23.9 Å². The highest BCUT2D eigenvalue weighted by Gasteiger charge is 2.11. The Hall–Kier alpha value is -1.99. The molecule has 2 aromatic rings. The predicted molar refractivity (Wildman–Crippen MR) is 78.8 cm³/mol. The molecule has 0 aliphatic heterocycles. The number of aryl methyl sites for hydroxylation is 1. The summed E-state index contributed by atoms with van der Waals surface area (Å²) in [5, 5.41) is 9.31. The molecule has 0 N–H and O–H groups in total. The number of benzene rings is 2. The fourth-order valence-corrected chi connectivity index (χ4v) is 2.56. The Morgan fingerprint density at radius 3 is 2.75 bits per heavy atom. The summed E-state index contributed by atoms with van der Waals surface area (Å²) in [6, 6.07) is 12.0. The van der Waals surface area contributed by atoms with Crippen molar-refractivity contribution in [2.45, 2.75) is 18.7 Å². The molecular formula is C16H14FNOS. The number of rotatable bonds is 4. The Balaban J connectivity index is 2.41. The molecule has 0 atom stereocenters. The number of nitrogens with zero attached hydrogens (tertiary/aromatic N) is 1. The smallest absolute Gasteiger partial charge is 0.146 e. The molecule has 2 nitrogen and oxygen atoms in total. The Kier molecular flexibility index (Phi) is 4.65. The highest BCUT2D eigenvalue weighted by atomic mass is 32.2. The van der Waals surface area contributed by atoms with Crippen LogP contribution in [0.5, 0.6) is 11.5 Å². The summed E-state index contributed by atoms with van der Waals surface area (Å²) in [6.07, 6.45) is 0. The van der Waals surface area contributed by atoms with Crippen molar-refractivity contribution in [1.29, 1.82) is 5.26 Å². The maximum absolute atomic E-state index is 13.3. The molecule has 0 aliphatic carbocycles. The van der Waals surface area contributed by atoms with Crippen LogP contribution < -0.4 is 4.74 Å². The van der Waals surface area contributed by atoms with Crippen molar-refractivity contribution in [3.8, 4) is 17.6 Å². The molecule has 0 saturated heterocycles. The van der Waals surface area contributed by atoms with E-state index in [-0.39, 0.29) is 5.82 Å². The van der Waals surface area contributed by atoms with Gasteiger partial charge in [0.15, 0.2) is 0 Å². The SMILES string of the molecule is CCSc1cccc(Oc2cc(F)ccc2C)c1C#N. The fourth-order valence-electron chi connectivity index (χ4n) is 1.78. The van der Waals surface area contributed by atoms with Crippen LogP contribution in [0.4, 0.5) is 4.39 Å². The van der Waals surface area contributed by atoms with E-state index in [2.05, 4.69) is 6.07 Å². The van der Waals surface area contributed by atoms with Crippen LogP contribution in [0.25, 0.3) is 0 Å². The molecule has 0 unspecified atom stereocenters. The van der Waals surface area contributed by atoms with Crippen LogP contribution in [0.15, 0.2) is 41.3 Å². The highest BCUT2D eigenvalue weighted by Crippen LogP contribution is 2.33. The van der Waals surface area contributed by atoms with Gasteiger partial charge in [0.2, 0.25) is 0 Å². The average molecular weight is 287 g/mol. The second-order valence-corrected chi connectivity index (χ2v) is 5.49. The Morgan fingerprint density at radius 1 is 1.25 bits per heavy atom. The molecule has 0 aromatic heterocycles. The largest absolute Gasteiger partial charge is 0.456 e. The Morgan fingerprint density at radius 2 is 2.05 bits per heavy atom. The summed E-state index contributed by atoms with van der Waals surface area (Å²) in [6.45, 7) is 3.86. The summed E-state index contributed by atoms with van der Waals surface area (Å²) < 4.78 is 19.0. The van der Waals surface area contributed by atoms with Crippen molar-refractivity contribution in [3.05, 3.63) is 53.3 Å². The van der Waals surface area contributed by atoms with Crippen LogP contribution in [-0.4, -0.2) is 5.75 Å². The zero-order chi connectivity index (χ0) is 14.5. The van der Waals surface area contributed by atoms with E-state index in [9.17, 15) is 9.65 Å². The molecule has 0 bridgehead atoms. The molecule has 20 heavy (non-hydrogen) atoms. The molecule has 0 amide bonds. The molecule has 2 rings (SSSR count). The van der Waals surface area contributed by atoms with Gasteiger partial charge in [-0.05, 0) is 36.4 Å². The number of thioether (sulfide) groups is 1. The number of ether oxygens (including phenoxy) is 1. The third-order valence-electron chi connectivity index (χ3n) is 2.77. The lowest BCUT2D eigenvalue weighted by molar-refractivity contribution is 0.470. The third kappa shape index (κ3) is 3.12. The van der Waals surface area contributed by atoms with Crippen molar-refractivity contribution in [3.63, 3.8) is 0 Å². The van der Waals surface area contributed by atoms with Gasteiger partial charge in [-0.3, -0.25) is 0 Å². The van der Waals surface area contributed by atoms with Gasteiger partial charge in [0.05, 0.1) is 0 Å². The number of halogens is 1. The van der Waals surface area contributed by atoms with E-state index in [0.717, 1.165) is 16.2 Å². The first-order valence-corrected chi connectivity index (χ1v) is 7.24. The molecule has 0 heterocycles. The minimum atomic E-state index is -0.358. The molecule has 0 spiro atoms. The van der Waals surface area contributed by atoms with Gasteiger partial charge in [-0.25, -0.2) is 4.39 Å². The standard InChI is InChI=1S/C16H14FNOS/c1-3-20-16-6-4-5-14(13(16)10-18)19-15-9-12(17)8-7-11(15)2/h4-9H,3H2,1-2H3. The van der Waals surface area contributed by atoms with E-state index in [1.807, 2.05) is 26.0 Å². The molecule has 0 aliphatic rings. The van der Waals surface area contributed by atoms with E-state index in [4.69, 9.17) is 4.74 Å². The minimum Gasteiger partial charge on any atom is -0.456 e. The van der Waals surface area contributed by atoms with E-state index in [1.165, 1.54) is 12.1 Å². The van der Waals surface area contributed by atoms with E-state index in [0.29, 0.717) is 17.1 Å². The highest BCUT2D eigenvalue weighted by molar-refractivity contribution is 7.99. The second-order valence-electron chi connectivity index (χ2n) is 4.19. The minimum absolute atomic E-state index is 0.358. The van der Waals surface area contributed by atoms with Gasteiger partial charge in [-0.2, -0.15) is 5.26 Å². The van der Waals surface area contributed by atoms with Crippen molar-refractivity contribution in [2.24, 2.45) is 0 Å². The van der Waals surface area contributed by atoms with Gasteiger partial charge >= 0.3 is 0 Å². The molecular weight excluding hydrogens is 273 g/mol. The van der Waals surface area contributed by atoms with Crippen LogP contribution in [0.3, 0.4) is 0 Å². The van der Waals surface area contributed by atoms with Crippen molar-refractivity contribution in [2.75, 3.05) is 5.75 Å². The average Bonchev–Trinajstić information content (AvgIpc) is 2.43. The molecule has 2 aromatic carbocycles. The second kappa shape index (κ2) is 6.44. The molecule has 4 heteroatoms. The topological polar surface area (TPSA) is 33.0 Å². The maximum Gasteiger partial charge on any atom is 0.146 e. The number of nitriles is 1. The van der Waals surface area contributed by atoms with Crippen molar-refractivity contribution < 1.29 is 9.13 Å². The van der Waals surface area contributed by atoms with Gasteiger partial charge in [0, 0.05) is 11.0 Å². The van der Waals surface area contributed by atoms with Gasteiger partial charge in [-0.15, -0.1) is 11.8 Å². The lowest BCUT2D eigenvalue weighted by Gasteiger charge is -2.12. The number of hydrogen-bond donors (Lipinski definition) is 0. The molecule has 0 radical (unpaired) electrons. The van der Waals surface area contributed by atoms with Crippen molar-refractivity contribution in [1.82, 2.24) is 0 Å². The Bertz CT molecular complexity index is 664. The van der Waals surface area contributed by atoms with Gasteiger partial charge in [-0.1, -0.05) is 19.1 Å². The lowest BCUT2D eigenvalue weighted by atomic mass is 10.2. The predicted octanol–water partition coefficient (Wildman–Crippen LogP) is 4.91. The number of hydrogen-bond acceptors (Lipinski definition) is 3. The van der Waals surface area contributed by atoms with E-state index >= 15 is 0 Å². The Labute approximate surface area is 122 Å². The van der Waals surface area contributed by atoms with Crippen LogP contribution >= 0.6 is 11.8 Å². The summed E-state index contributed by atoms with van der Waals surface area (Å²) in [5.74, 6) is 1.40. The molecule has 0 fully saturated rings. The van der Waals surface area contributed by atoms with Gasteiger partial charge < -0.3 is 4.74 Å². The fraction of sp³-hybridized carbons (Fsp3) is 0.188. The first kappa shape index (κ1) is 14.4. The molecule has 0 saturated carbocycles. The first-order valence-electron chi connectivity index (χ1n) is 6.25. The first-order chi connectivity index (χ1) is 9.65. The van der Waals surface area contributed by atoms with Crippen LogP contribution in [-0.2, 0) is 0 Å². The monoisotopic (exact) mass is 287 g/mol. The summed E-state index contributed by atoms with van der Waals surface area (Å²) in [7, 11) is 0. The zero-order valence-electron chi connectivity index (χ0n) is 11.3. The normalized spacial score (nSPS) is 10.1. The summed E-state index contributed by atoms with van der Waals surface area (Å²) >= 11 is 1.58. The van der Waals surface area contributed by atoms with Crippen LogP contribution in [0.1, 0.15) is 18.1 Å². The van der Waals surface area contributed by atoms with Gasteiger partial charge in [0.1, 0.15) is 28.9 Å².